The van der Waals surface area contributed by atoms with Crippen LogP contribution in [0.15, 0.2) is 24.3 Å². The predicted octanol–water partition coefficient (Wildman–Crippen LogP) is 4.53. The first-order valence-corrected chi connectivity index (χ1v) is 7.23. The SMILES string of the molecule is CC1CC(C)CC(Nc2ccc(I)cc2)C1. The van der Waals surface area contributed by atoms with Crippen LogP contribution in [0.4, 0.5) is 5.69 Å². The van der Waals surface area contributed by atoms with Crippen LogP contribution in [0.5, 0.6) is 0 Å². The number of hydrogen-bond donors (Lipinski definition) is 1. The minimum Gasteiger partial charge on any atom is -0.382 e. The van der Waals surface area contributed by atoms with Gasteiger partial charge in [-0.15, -0.1) is 0 Å². The normalized spacial score (nSPS) is 30.1. The lowest BCUT2D eigenvalue weighted by molar-refractivity contribution is 0.281. The highest BCUT2D eigenvalue weighted by atomic mass is 127. The average Bonchev–Trinajstić information content (AvgIpc) is 2.20. The van der Waals surface area contributed by atoms with Gasteiger partial charge in [-0.2, -0.15) is 0 Å². The zero-order chi connectivity index (χ0) is 11.5. The van der Waals surface area contributed by atoms with Gasteiger partial charge in [0, 0.05) is 15.3 Å². The van der Waals surface area contributed by atoms with Crippen molar-refractivity contribution in [1.82, 2.24) is 0 Å². The molecule has 0 spiro atoms. The molecule has 0 heterocycles. The highest BCUT2D eigenvalue weighted by Crippen LogP contribution is 2.30. The van der Waals surface area contributed by atoms with Gasteiger partial charge in [0.2, 0.25) is 0 Å². The van der Waals surface area contributed by atoms with E-state index in [1.54, 1.807) is 0 Å². The summed E-state index contributed by atoms with van der Waals surface area (Å²) in [5.41, 5.74) is 1.27. The van der Waals surface area contributed by atoms with Crippen LogP contribution in [-0.2, 0) is 0 Å². The second-order valence-corrected chi connectivity index (χ2v) is 6.51. The van der Waals surface area contributed by atoms with Crippen molar-refractivity contribution in [2.75, 3.05) is 5.32 Å². The van der Waals surface area contributed by atoms with Crippen molar-refractivity contribution in [3.8, 4) is 0 Å². The lowest BCUT2D eigenvalue weighted by atomic mass is 9.80. The smallest absolute Gasteiger partial charge is 0.0343 e. The van der Waals surface area contributed by atoms with E-state index in [0.29, 0.717) is 6.04 Å². The molecule has 1 aromatic rings. The molecular weight excluding hydrogens is 309 g/mol. The quantitative estimate of drug-likeness (QED) is 0.786. The Kier molecular flexibility index (Phi) is 4.11. The summed E-state index contributed by atoms with van der Waals surface area (Å²) < 4.78 is 1.30. The number of benzene rings is 1. The summed E-state index contributed by atoms with van der Waals surface area (Å²) in [4.78, 5) is 0. The van der Waals surface area contributed by atoms with Gasteiger partial charge in [0.1, 0.15) is 0 Å². The van der Waals surface area contributed by atoms with Crippen LogP contribution >= 0.6 is 22.6 Å². The molecule has 2 unspecified atom stereocenters. The van der Waals surface area contributed by atoms with Crippen molar-refractivity contribution in [2.24, 2.45) is 11.8 Å². The Morgan fingerprint density at radius 2 is 1.56 bits per heavy atom. The lowest BCUT2D eigenvalue weighted by Gasteiger charge is -2.32. The Labute approximate surface area is 112 Å². The molecule has 16 heavy (non-hydrogen) atoms. The first kappa shape index (κ1) is 12.2. The third-order valence-corrected chi connectivity index (χ3v) is 4.11. The molecule has 0 saturated heterocycles. The van der Waals surface area contributed by atoms with Crippen LogP contribution in [0.2, 0.25) is 0 Å². The molecule has 0 radical (unpaired) electrons. The molecule has 1 N–H and O–H groups in total. The van der Waals surface area contributed by atoms with Crippen molar-refractivity contribution < 1.29 is 0 Å². The molecule has 1 aliphatic carbocycles. The standard InChI is InChI=1S/C14H20IN/c1-10-7-11(2)9-14(8-10)16-13-5-3-12(15)4-6-13/h3-6,10-11,14,16H,7-9H2,1-2H3. The second kappa shape index (κ2) is 5.39. The van der Waals surface area contributed by atoms with Crippen molar-refractivity contribution in [3.63, 3.8) is 0 Å². The van der Waals surface area contributed by atoms with E-state index in [-0.39, 0.29) is 0 Å². The molecule has 2 rings (SSSR count). The van der Waals surface area contributed by atoms with E-state index in [1.165, 1.54) is 28.5 Å². The molecule has 0 aromatic heterocycles. The molecule has 0 aliphatic heterocycles. The van der Waals surface area contributed by atoms with Crippen molar-refractivity contribution >= 4 is 28.3 Å². The molecule has 88 valence electrons. The molecule has 1 aromatic carbocycles. The predicted molar refractivity (Wildman–Crippen MR) is 78.7 cm³/mol. The van der Waals surface area contributed by atoms with Gasteiger partial charge in [0.25, 0.3) is 0 Å². The van der Waals surface area contributed by atoms with Crippen LogP contribution in [0.3, 0.4) is 0 Å². The van der Waals surface area contributed by atoms with E-state index in [9.17, 15) is 0 Å². The summed E-state index contributed by atoms with van der Waals surface area (Å²) >= 11 is 2.35. The molecule has 2 heteroatoms. The Balaban J connectivity index is 1.96. The van der Waals surface area contributed by atoms with Gasteiger partial charge in [0.05, 0.1) is 0 Å². The van der Waals surface area contributed by atoms with Crippen LogP contribution < -0.4 is 5.32 Å². The maximum Gasteiger partial charge on any atom is 0.0343 e. The first-order valence-electron chi connectivity index (χ1n) is 6.15. The monoisotopic (exact) mass is 329 g/mol. The number of rotatable bonds is 2. The summed E-state index contributed by atoms with van der Waals surface area (Å²) in [6.45, 7) is 4.75. The van der Waals surface area contributed by atoms with E-state index in [2.05, 4.69) is 66.0 Å². The minimum absolute atomic E-state index is 0.666. The van der Waals surface area contributed by atoms with Crippen LogP contribution in [0.1, 0.15) is 33.1 Å². The van der Waals surface area contributed by atoms with Gasteiger partial charge in [-0.05, 0) is 78.0 Å². The molecule has 1 nitrogen and oxygen atoms in total. The Morgan fingerprint density at radius 1 is 1.00 bits per heavy atom. The second-order valence-electron chi connectivity index (χ2n) is 5.27. The van der Waals surface area contributed by atoms with Gasteiger partial charge in [-0.25, -0.2) is 0 Å². The summed E-state index contributed by atoms with van der Waals surface area (Å²) in [5.74, 6) is 1.73. The van der Waals surface area contributed by atoms with Crippen LogP contribution in [-0.4, -0.2) is 6.04 Å². The largest absolute Gasteiger partial charge is 0.382 e. The zero-order valence-corrected chi connectivity index (χ0v) is 12.2. The maximum absolute atomic E-state index is 3.67. The Hall–Kier alpha value is -0.250. The fourth-order valence-corrected chi connectivity index (χ4v) is 3.21. The van der Waals surface area contributed by atoms with Crippen LogP contribution in [0, 0.1) is 15.4 Å². The molecule has 0 bridgehead atoms. The van der Waals surface area contributed by atoms with E-state index in [1.807, 2.05) is 0 Å². The van der Waals surface area contributed by atoms with E-state index in [0.717, 1.165) is 11.8 Å². The van der Waals surface area contributed by atoms with Gasteiger partial charge < -0.3 is 5.32 Å². The molecule has 1 fully saturated rings. The van der Waals surface area contributed by atoms with Gasteiger partial charge in [-0.1, -0.05) is 13.8 Å². The Morgan fingerprint density at radius 3 is 2.12 bits per heavy atom. The number of halogens is 1. The molecule has 1 aliphatic rings. The van der Waals surface area contributed by atoms with E-state index >= 15 is 0 Å². The third kappa shape index (κ3) is 3.37. The number of anilines is 1. The highest BCUT2D eigenvalue weighted by molar-refractivity contribution is 14.1. The van der Waals surface area contributed by atoms with Gasteiger partial charge in [0.15, 0.2) is 0 Å². The Bertz CT molecular complexity index is 323. The maximum atomic E-state index is 3.67. The topological polar surface area (TPSA) is 12.0 Å². The zero-order valence-electron chi connectivity index (χ0n) is 10.0. The molecule has 0 amide bonds. The van der Waals surface area contributed by atoms with E-state index < -0.39 is 0 Å². The fourth-order valence-electron chi connectivity index (χ4n) is 2.85. The lowest BCUT2D eigenvalue weighted by Crippen LogP contribution is -2.30. The minimum atomic E-state index is 0.666. The first-order chi connectivity index (χ1) is 7.63. The average molecular weight is 329 g/mol. The third-order valence-electron chi connectivity index (χ3n) is 3.39. The molecule has 2 atom stereocenters. The van der Waals surface area contributed by atoms with Crippen molar-refractivity contribution in [1.29, 1.82) is 0 Å². The van der Waals surface area contributed by atoms with Gasteiger partial charge in [-0.3, -0.25) is 0 Å². The van der Waals surface area contributed by atoms with Crippen LogP contribution in [0.25, 0.3) is 0 Å². The summed E-state index contributed by atoms with van der Waals surface area (Å²) in [6, 6.07) is 9.37. The summed E-state index contributed by atoms with van der Waals surface area (Å²) in [5, 5.41) is 3.67. The number of hydrogen-bond acceptors (Lipinski definition) is 1. The summed E-state index contributed by atoms with van der Waals surface area (Å²) in [7, 11) is 0. The fraction of sp³-hybridized carbons (Fsp3) is 0.571. The summed E-state index contributed by atoms with van der Waals surface area (Å²) in [6.07, 6.45) is 4.03. The molecular formula is C14H20IN. The van der Waals surface area contributed by atoms with E-state index in [4.69, 9.17) is 0 Å². The van der Waals surface area contributed by atoms with Crippen molar-refractivity contribution in [2.45, 2.75) is 39.2 Å². The number of nitrogens with one attached hydrogen (secondary N) is 1. The highest BCUT2D eigenvalue weighted by Gasteiger charge is 2.23. The van der Waals surface area contributed by atoms with Crippen molar-refractivity contribution in [3.05, 3.63) is 27.8 Å². The molecule has 1 saturated carbocycles. The van der Waals surface area contributed by atoms with Gasteiger partial charge >= 0.3 is 0 Å².